The SMILES string of the molecule is COCc1cc(C(C)NCC(F)(F)CO)ccc1OC. The number of hydrogen-bond acceptors (Lipinski definition) is 4. The van der Waals surface area contributed by atoms with Crippen molar-refractivity contribution in [1.82, 2.24) is 5.32 Å². The topological polar surface area (TPSA) is 50.7 Å². The van der Waals surface area contributed by atoms with Gasteiger partial charge in [-0.3, -0.25) is 0 Å². The quantitative estimate of drug-likeness (QED) is 0.769. The predicted octanol–water partition coefficient (Wildman–Crippen LogP) is 2.12. The minimum absolute atomic E-state index is 0.270. The molecule has 1 atom stereocenters. The Hall–Kier alpha value is -1.24. The van der Waals surface area contributed by atoms with Gasteiger partial charge in [0.1, 0.15) is 12.4 Å². The monoisotopic (exact) mass is 289 g/mol. The second-order valence-corrected chi connectivity index (χ2v) is 4.62. The van der Waals surface area contributed by atoms with Gasteiger partial charge < -0.3 is 19.9 Å². The normalized spacial score (nSPS) is 13.3. The first-order chi connectivity index (χ1) is 9.43. The summed E-state index contributed by atoms with van der Waals surface area (Å²) in [6, 6.07) is 5.18. The Morgan fingerprint density at radius 3 is 2.60 bits per heavy atom. The fraction of sp³-hybridized carbons (Fsp3) is 0.571. The zero-order valence-corrected chi connectivity index (χ0v) is 12.0. The fourth-order valence-corrected chi connectivity index (χ4v) is 1.81. The number of nitrogens with one attached hydrogen (secondary N) is 1. The van der Waals surface area contributed by atoms with E-state index in [9.17, 15) is 8.78 Å². The lowest BCUT2D eigenvalue weighted by Gasteiger charge is -2.20. The number of benzene rings is 1. The van der Waals surface area contributed by atoms with Crippen molar-refractivity contribution >= 4 is 0 Å². The minimum atomic E-state index is -3.11. The van der Waals surface area contributed by atoms with E-state index in [1.165, 1.54) is 0 Å². The van der Waals surface area contributed by atoms with Crippen LogP contribution in [0.3, 0.4) is 0 Å². The highest BCUT2D eigenvalue weighted by Crippen LogP contribution is 2.24. The molecule has 0 radical (unpaired) electrons. The molecule has 1 aromatic carbocycles. The molecule has 0 spiro atoms. The van der Waals surface area contributed by atoms with Crippen LogP contribution in [0.1, 0.15) is 24.1 Å². The highest BCUT2D eigenvalue weighted by Gasteiger charge is 2.28. The molecule has 0 aliphatic heterocycles. The standard InChI is InChI=1S/C14H21F2NO3/c1-10(17-8-14(15,16)9-18)11-4-5-13(20-3)12(6-11)7-19-2/h4-6,10,17-18H,7-9H2,1-3H3. The van der Waals surface area contributed by atoms with Crippen LogP contribution in [0.2, 0.25) is 0 Å². The maximum absolute atomic E-state index is 13.0. The van der Waals surface area contributed by atoms with Gasteiger partial charge in [-0.2, -0.15) is 0 Å². The first-order valence-electron chi connectivity index (χ1n) is 6.31. The van der Waals surface area contributed by atoms with Crippen LogP contribution in [0.15, 0.2) is 18.2 Å². The summed E-state index contributed by atoms with van der Waals surface area (Å²) in [5.74, 6) is -2.42. The van der Waals surface area contributed by atoms with Crippen molar-refractivity contribution in [3.63, 3.8) is 0 Å². The number of rotatable bonds is 8. The van der Waals surface area contributed by atoms with Gasteiger partial charge in [-0.05, 0) is 24.6 Å². The third-order valence-corrected chi connectivity index (χ3v) is 3.00. The second-order valence-electron chi connectivity index (χ2n) is 4.62. The van der Waals surface area contributed by atoms with Gasteiger partial charge in [0.15, 0.2) is 0 Å². The van der Waals surface area contributed by atoms with Gasteiger partial charge in [-0.25, -0.2) is 8.78 Å². The van der Waals surface area contributed by atoms with E-state index in [0.717, 1.165) is 11.1 Å². The van der Waals surface area contributed by atoms with Crippen LogP contribution in [0.4, 0.5) is 8.78 Å². The van der Waals surface area contributed by atoms with Gasteiger partial charge >= 0.3 is 0 Å². The molecule has 6 heteroatoms. The van der Waals surface area contributed by atoms with E-state index in [2.05, 4.69) is 5.32 Å². The van der Waals surface area contributed by atoms with Crippen LogP contribution in [0.25, 0.3) is 0 Å². The molecule has 1 rings (SSSR count). The molecule has 0 aliphatic rings. The zero-order chi connectivity index (χ0) is 15.2. The summed E-state index contributed by atoms with van der Waals surface area (Å²) >= 11 is 0. The molecule has 0 aromatic heterocycles. The molecule has 0 saturated carbocycles. The molecule has 4 nitrogen and oxygen atoms in total. The second kappa shape index (κ2) is 7.52. The van der Waals surface area contributed by atoms with E-state index in [1.54, 1.807) is 27.2 Å². The molecule has 1 unspecified atom stereocenters. The summed E-state index contributed by atoms with van der Waals surface area (Å²) in [5, 5.41) is 11.2. The molecule has 0 bridgehead atoms. The molecule has 0 amide bonds. The fourth-order valence-electron chi connectivity index (χ4n) is 1.81. The van der Waals surface area contributed by atoms with Crippen molar-refractivity contribution in [2.45, 2.75) is 25.5 Å². The Morgan fingerprint density at radius 1 is 1.35 bits per heavy atom. The summed E-state index contributed by atoms with van der Waals surface area (Å²) in [4.78, 5) is 0. The van der Waals surface area contributed by atoms with Gasteiger partial charge in [0.2, 0.25) is 0 Å². The molecule has 114 valence electrons. The maximum Gasteiger partial charge on any atom is 0.282 e. The molecular formula is C14H21F2NO3. The molecule has 1 aromatic rings. The number of aliphatic hydroxyl groups excluding tert-OH is 1. The largest absolute Gasteiger partial charge is 0.496 e. The average Bonchev–Trinajstić information content (AvgIpc) is 2.45. The van der Waals surface area contributed by atoms with Gasteiger partial charge in [0.25, 0.3) is 5.92 Å². The number of halogens is 2. The van der Waals surface area contributed by atoms with Gasteiger partial charge in [0, 0.05) is 18.7 Å². The van der Waals surface area contributed by atoms with E-state index >= 15 is 0 Å². The summed E-state index contributed by atoms with van der Waals surface area (Å²) in [6.45, 7) is 0.433. The van der Waals surface area contributed by atoms with Crippen molar-refractivity contribution in [1.29, 1.82) is 0 Å². The Labute approximate surface area is 117 Å². The van der Waals surface area contributed by atoms with E-state index in [-0.39, 0.29) is 6.04 Å². The van der Waals surface area contributed by atoms with Gasteiger partial charge in [-0.15, -0.1) is 0 Å². The summed E-state index contributed by atoms with van der Waals surface area (Å²) in [7, 11) is 3.15. The average molecular weight is 289 g/mol. The molecule has 0 aliphatic carbocycles. The zero-order valence-electron chi connectivity index (χ0n) is 12.0. The smallest absolute Gasteiger partial charge is 0.282 e. The number of aliphatic hydroxyl groups is 1. The lowest BCUT2D eigenvalue weighted by Crippen LogP contribution is -2.37. The molecule has 0 heterocycles. The van der Waals surface area contributed by atoms with E-state index in [0.29, 0.717) is 12.4 Å². The lowest BCUT2D eigenvalue weighted by molar-refractivity contribution is -0.0490. The molecular weight excluding hydrogens is 268 g/mol. The Kier molecular flexibility index (Phi) is 6.32. The van der Waals surface area contributed by atoms with Gasteiger partial charge in [-0.1, -0.05) is 6.07 Å². The first-order valence-corrected chi connectivity index (χ1v) is 6.31. The van der Waals surface area contributed by atoms with Crippen molar-refractivity contribution in [2.24, 2.45) is 0 Å². The third kappa shape index (κ3) is 4.70. The third-order valence-electron chi connectivity index (χ3n) is 3.00. The van der Waals surface area contributed by atoms with Crippen LogP contribution in [-0.4, -0.2) is 38.4 Å². The number of methoxy groups -OCH3 is 2. The van der Waals surface area contributed by atoms with Crippen LogP contribution < -0.4 is 10.1 Å². The van der Waals surface area contributed by atoms with Crippen molar-refractivity contribution in [3.8, 4) is 5.75 Å². The van der Waals surface area contributed by atoms with E-state index in [1.807, 2.05) is 12.1 Å². The first kappa shape index (κ1) is 16.8. The molecule has 2 N–H and O–H groups in total. The van der Waals surface area contributed by atoms with Gasteiger partial charge in [0.05, 0.1) is 20.3 Å². The lowest BCUT2D eigenvalue weighted by atomic mass is 10.0. The Bertz CT molecular complexity index is 427. The van der Waals surface area contributed by atoms with E-state index in [4.69, 9.17) is 14.6 Å². The van der Waals surface area contributed by atoms with Crippen LogP contribution in [-0.2, 0) is 11.3 Å². The van der Waals surface area contributed by atoms with Crippen molar-refractivity contribution in [3.05, 3.63) is 29.3 Å². The maximum atomic E-state index is 13.0. The van der Waals surface area contributed by atoms with Crippen molar-refractivity contribution in [2.75, 3.05) is 27.4 Å². The summed E-state index contributed by atoms with van der Waals surface area (Å²) in [5.41, 5.74) is 1.71. The summed E-state index contributed by atoms with van der Waals surface area (Å²) in [6.07, 6.45) is 0. The highest BCUT2D eigenvalue weighted by molar-refractivity contribution is 5.38. The van der Waals surface area contributed by atoms with Crippen molar-refractivity contribution < 1.29 is 23.4 Å². The van der Waals surface area contributed by atoms with E-state index < -0.39 is 19.1 Å². The Balaban J connectivity index is 2.77. The number of hydrogen-bond donors (Lipinski definition) is 2. The molecule has 0 fully saturated rings. The highest BCUT2D eigenvalue weighted by atomic mass is 19.3. The molecule has 20 heavy (non-hydrogen) atoms. The predicted molar refractivity (Wildman–Crippen MR) is 72.2 cm³/mol. The number of ether oxygens (including phenoxy) is 2. The van der Waals surface area contributed by atoms with Crippen LogP contribution in [0.5, 0.6) is 5.75 Å². The Morgan fingerprint density at radius 2 is 2.05 bits per heavy atom. The molecule has 0 saturated heterocycles. The minimum Gasteiger partial charge on any atom is -0.496 e. The summed E-state index contributed by atoms with van der Waals surface area (Å²) < 4.78 is 36.3. The number of alkyl halides is 2. The van der Waals surface area contributed by atoms with Crippen LogP contribution in [0, 0.1) is 0 Å². The van der Waals surface area contributed by atoms with Crippen LogP contribution >= 0.6 is 0 Å².